The van der Waals surface area contributed by atoms with Crippen LogP contribution in [0.2, 0.25) is 0 Å². The van der Waals surface area contributed by atoms with E-state index in [1.54, 1.807) is 12.1 Å². The van der Waals surface area contributed by atoms with Crippen molar-refractivity contribution in [3.63, 3.8) is 0 Å². The van der Waals surface area contributed by atoms with Gasteiger partial charge in [0.15, 0.2) is 0 Å². The summed E-state index contributed by atoms with van der Waals surface area (Å²) in [6, 6.07) is 3.62. The third-order valence-corrected chi connectivity index (χ3v) is 2.60. The second-order valence-electron chi connectivity index (χ2n) is 4.10. The van der Waals surface area contributed by atoms with E-state index in [4.69, 9.17) is 5.84 Å². The number of rotatable bonds is 5. The lowest BCUT2D eigenvalue weighted by Gasteiger charge is -2.19. The largest absolute Gasteiger partial charge is 0.349 e. The van der Waals surface area contributed by atoms with Crippen LogP contribution in [0.25, 0.3) is 0 Å². The molecule has 1 aromatic heterocycles. The number of hydrazine groups is 1. The van der Waals surface area contributed by atoms with E-state index in [-0.39, 0.29) is 11.9 Å². The molecule has 0 radical (unpaired) electrons. The highest BCUT2D eigenvalue weighted by Crippen LogP contribution is 2.03. The number of pyridine rings is 1. The predicted molar refractivity (Wildman–Crippen MR) is 67.5 cm³/mol. The summed E-state index contributed by atoms with van der Waals surface area (Å²) in [6.07, 6.45) is 1.52. The van der Waals surface area contributed by atoms with Crippen LogP contribution in [0.3, 0.4) is 0 Å². The Labute approximate surface area is 101 Å². The molecular formula is C11H19N5O. The van der Waals surface area contributed by atoms with E-state index < -0.39 is 0 Å². The highest BCUT2D eigenvalue weighted by Gasteiger charge is 2.09. The van der Waals surface area contributed by atoms with Gasteiger partial charge in [-0.2, -0.15) is 0 Å². The minimum absolute atomic E-state index is 0.178. The fourth-order valence-electron chi connectivity index (χ4n) is 1.13. The van der Waals surface area contributed by atoms with Crippen molar-refractivity contribution in [2.24, 2.45) is 5.84 Å². The number of carbonyl (C=O) groups excluding carboxylic acids is 1. The second-order valence-corrected chi connectivity index (χ2v) is 4.10. The maximum Gasteiger partial charge on any atom is 0.269 e. The molecule has 1 heterocycles. The Morgan fingerprint density at radius 3 is 2.71 bits per heavy atom. The van der Waals surface area contributed by atoms with E-state index in [2.05, 4.69) is 15.7 Å². The lowest BCUT2D eigenvalue weighted by Crippen LogP contribution is -2.38. The Bertz CT molecular complexity index is 363. The van der Waals surface area contributed by atoms with Gasteiger partial charge in [-0.3, -0.25) is 10.6 Å². The van der Waals surface area contributed by atoms with Gasteiger partial charge in [-0.05, 0) is 33.2 Å². The van der Waals surface area contributed by atoms with Crippen molar-refractivity contribution in [2.75, 3.05) is 26.1 Å². The SMILES string of the molecule is CC(CNC(=O)c1ccc(NN)cn1)N(C)C. The van der Waals surface area contributed by atoms with E-state index in [1.807, 2.05) is 25.9 Å². The lowest BCUT2D eigenvalue weighted by atomic mass is 10.3. The fraction of sp³-hybridized carbons (Fsp3) is 0.455. The smallest absolute Gasteiger partial charge is 0.269 e. The zero-order valence-corrected chi connectivity index (χ0v) is 10.4. The van der Waals surface area contributed by atoms with Crippen molar-refractivity contribution < 1.29 is 4.79 Å². The molecule has 1 rings (SSSR count). The first-order valence-corrected chi connectivity index (χ1v) is 5.42. The minimum atomic E-state index is -0.178. The molecule has 0 saturated heterocycles. The Kier molecular flexibility index (Phi) is 4.86. The molecule has 0 aliphatic heterocycles. The summed E-state index contributed by atoms with van der Waals surface area (Å²) < 4.78 is 0. The summed E-state index contributed by atoms with van der Waals surface area (Å²) in [7, 11) is 3.94. The number of hydrogen-bond acceptors (Lipinski definition) is 5. The molecule has 1 unspecified atom stereocenters. The van der Waals surface area contributed by atoms with Gasteiger partial charge in [-0.15, -0.1) is 0 Å². The van der Waals surface area contributed by atoms with Crippen LogP contribution in [0, 0.1) is 0 Å². The molecule has 0 saturated carbocycles. The summed E-state index contributed by atoms with van der Waals surface area (Å²) in [5, 5.41) is 2.82. The quantitative estimate of drug-likeness (QED) is 0.498. The molecule has 0 aliphatic rings. The van der Waals surface area contributed by atoms with Crippen LogP contribution in [0.4, 0.5) is 5.69 Å². The van der Waals surface area contributed by atoms with Crippen molar-refractivity contribution in [3.05, 3.63) is 24.0 Å². The number of hydrogen-bond donors (Lipinski definition) is 3. The van der Waals surface area contributed by atoms with Gasteiger partial charge in [-0.1, -0.05) is 0 Å². The fourth-order valence-corrected chi connectivity index (χ4v) is 1.13. The molecule has 1 amide bonds. The molecule has 17 heavy (non-hydrogen) atoms. The van der Waals surface area contributed by atoms with Gasteiger partial charge < -0.3 is 15.6 Å². The number of amides is 1. The number of aromatic nitrogens is 1. The molecule has 0 bridgehead atoms. The average molecular weight is 237 g/mol. The van der Waals surface area contributed by atoms with Crippen molar-refractivity contribution in [2.45, 2.75) is 13.0 Å². The number of likely N-dealkylation sites (N-methyl/N-ethyl adjacent to an activating group) is 1. The first kappa shape index (κ1) is 13.4. The number of carbonyl (C=O) groups is 1. The molecule has 6 nitrogen and oxygen atoms in total. The van der Waals surface area contributed by atoms with Gasteiger partial charge in [0.2, 0.25) is 0 Å². The Morgan fingerprint density at radius 2 is 2.24 bits per heavy atom. The Hall–Kier alpha value is -1.66. The predicted octanol–water partition coefficient (Wildman–Crippen LogP) is 0.0471. The van der Waals surface area contributed by atoms with Crippen LogP contribution < -0.4 is 16.6 Å². The first-order valence-electron chi connectivity index (χ1n) is 5.42. The summed E-state index contributed by atoms with van der Waals surface area (Å²) in [5.74, 6) is 5.03. The van der Waals surface area contributed by atoms with Crippen molar-refractivity contribution >= 4 is 11.6 Å². The van der Waals surface area contributed by atoms with E-state index in [0.717, 1.165) is 0 Å². The second kappa shape index (κ2) is 6.17. The molecule has 6 heteroatoms. The highest BCUT2D eigenvalue weighted by molar-refractivity contribution is 5.92. The third-order valence-electron chi connectivity index (χ3n) is 2.60. The van der Waals surface area contributed by atoms with Crippen LogP contribution in [-0.2, 0) is 0 Å². The van der Waals surface area contributed by atoms with Crippen LogP contribution in [-0.4, -0.2) is 42.5 Å². The highest BCUT2D eigenvalue weighted by atomic mass is 16.1. The zero-order chi connectivity index (χ0) is 12.8. The van der Waals surface area contributed by atoms with Gasteiger partial charge in [0.1, 0.15) is 5.69 Å². The summed E-state index contributed by atoms with van der Waals surface area (Å²) in [5.41, 5.74) is 3.51. The van der Waals surface area contributed by atoms with E-state index >= 15 is 0 Å². The molecule has 0 spiro atoms. The average Bonchev–Trinajstić information content (AvgIpc) is 2.35. The molecule has 0 aliphatic carbocycles. The maximum atomic E-state index is 11.7. The van der Waals surface area contributed by atoms with Gasteiger partial charge in [0, 0.05) is 12.6 Å². The number of nitrogens with one attached hydrogen (secondary N) is 2. The molecule has 1 aromatic rings. The topological polar surface area (TPSA) is 83.3 Å². The van der Waals surface area contributed by atoms with Crippen LogP contribution in [0.5, 0.6) is 0 Å². The van der Waals surface area contributed by atoms with Gasteiger partial charge in [-0.25, -0.2) is 4.98 Å². The normalized spacial score (nSPS) is 12.3. The number of nitrogens with zero attached hydrogens (tertiary/aromatic N) is 2. The zero-order valence-electron chi connectivity index (χ0n) is 10.4. The minimum Gasteiger partial charge on any atom is -0.349 e. The molecule has 4 N–H and O–H groups in total. The van der Waals surface area contributed by atoms with Crippen molar-refractivity contribution in [3.8, 4) is 0 Å². The number of nitrogen functional groups attached to an aromatic ring is 1. The molecular weight excluding hydrogens is 218 g/mol. The molecule has 0 aromatic carbocycles. The summed E-state index contributed by atoms with van der Waals surface area (Å²) in [4.78, 5) is 17.8. The number of nitrogens with two attached hydrogens (primary N) is 1. The van der Waals surface area contributed by atoms with Gasteiger partial charge >= 0.3 is 0 Å². The molecule has 1 atom stereocenters. The van der Waals surface area contributed by atoms with Crippen LogP contribution in [0.1, 0.15) is 17.4 Å². The van der Waals surface area contributed by atoms with Crippen LogP contribution >= 0.6 is 0 Å². The van der Waals surface area contributed by atoms with Gasteiger partial charge in [0.25, 0.3) is 5.91 Å². The van der Waals surface area contributed by atoms with E-state index in [0.29, 0.717) is 17.9 Å². The van der Waals surface area contributed by atoms with Crippen molar-refractivity contribution in [1.82, 2.24) is 15.2 Å². The monoisotopic (exact) mass is 237 g/mol. The standard InChI is InChI=1S/C11H19N5O/c1-8(16(2)3)6-14-11(17)10-5-4-9(15-12)7-13-10/h4-5,7-8,15H,6,12H2,1-3H3,(H,14,17). The maximum absolute atomic E-state index is 11.7. The lowest BCUT2D eigenvalue weighted by molar-refractivity contribution is 0.0938. The number of anilines is 1. The first-order chi connectivity index (χ1) is 8.04. The van der Waals surface area contributed by atoms with Crippen LogP contribution in [0.15, 0.2) is 18.3 Å². The Balaban J connectivity index is 2.52. The van der Waals surface area contributed by atoms with E-state index in [1.165, 1.54) is 6.20 Å². The third kappa shape index (κ3) is 4.01. The summed E-state index contributed by atoms with van der Waals surface area (Å²) in [6.45, 7) is 2.62. The van der Waals surface area contributed by atoms with Gasteiger partial charge in [0.05, 0.1) is 11.9 Å². The van der Waals surface area contributed by atoms with E-state index in [9.17, 15) is 4.79 Å². The summed E-state index contributed by atoms with van der Waals surface area (Å²) >= 11 is 0. The molecule has 0 fully saturated rings. The van der Waals surface area contributed by atoms with Crippen molar-refractivity contribution in [1.29, 1.82) is 0 Å². The molecule has 94 valence electrons. The Morgan fingerprint density at radius 1 is 1.53 bits per heavy atom.